The zero-order valence-corrected chi connectivity index (χ0v) is 13.2. The van der Waals surface area contributed by atoms with Crippen molar-refractivity contribution in [2.75, 3.05) is 36.2 Å². The second kappa shape index (κ2) is 7.40. The molecule has 0 aromatic heterocycles. The maximum Gasteiger partial charge on any atom is 0.306 e. The van der Waals surface area contributed by atoms with E-state index in [4.69, 9.17) is 0 Å². The molecule has 0 fully saturated rings. The van der Waals surface area contributed by atoms with Crippen LogP contribution in [0.15, 0.2) is 42.5 Å². The van der Waals surface area contributed by atoms with Crippen molar-refractivity contribution < 1.29 is 14.1 Å². The normalized spacial score (nSPS) is 10.1. The maximum absolute atomic E-state index is 13.2. The lowest BCUT2D eigenvalue weighted by molar-refractivity contribution is -0.387. The van der Waals surface area contributed by atoms with Crippen molar-refractivity contribution in [3.8, 4) is 0 Å². The van der Waals surface area contributed by atoms with Gasteiger partial charge in [0.05, 0.1) is 11.5 Å². The highest BCUT2D eigenvalue weighted by Gasteiger charge is 2.14. The number of nitro groups is 1. The van der Waals surface area contributed by atoms with Gasteiger partial charge in [0, 0.05) is 37.2 Å². The monoisotopic (exact) mass is 332 g/mol. The summed E-state index contributed by atoms with van der Waals surface area (Å²) in [7, 11) is 3.83. The van der Waals surface area contributed by atoms with Crippen LogP contribution in [0.3, 0.4) is 0 Å². The molecule has 126 valence electrons. The number of carbonyl (C=O) groups is 1. The zero-order valence-electron chi connectivity index (χ0n) is 13.2. The summed E-state index contributed by atoms with van der Waals surface area (Å²) in [4.78, 5) is 23.7. The van der Waals surface area contributed by atoms with Gasteiger partial charge in [0.1, 0.15) is 0 Å². The Balaban J connectivity index is 1.93. The van der Waals surface area contributed by atoms with Gasteiger partial charge in [-0.1, -0.05) is 0 Å². The van der Waals surface area contributed by atoms with Gasteiger partial charge in [0.25, 0.3) is 0 Å². The van der Waals surface area contributed by atoms with Gasteiger partial charge in [0.2, 0.25) is 11.7 Å². The summed E-state index contributed by atoms with van der Waals surface area (Å²) >= 11 is 0. The van der Waals surface area contributed by atoms with Gasteiger partial charge in [-0.05, 0) is 36.4 Å². The quantitative estimate of drug-likeness (QED) is 0.627. The Bertz CT molecular complexity index is 747. The smallest absolute Gasteiger partial charge is 0.306 e. The first-order chi connectivity index (χ1) is 11.4. The molecule has 0 aliphatic carbocycles. The second-order valence-corrected chi connectivity index (χ2v) is 5.27. The van der Waals surface area contributed by atoms with Gasteiger partial charge in [-0.15, -0.1) is 0 Å². The first-order valence-electron chi connectivity index (χ1n) is 7.12. The molecule has 0 aliphatic heterocycles. The number of anilines is 3. The molecule has 8 heteroatoms. The summed E-state index contributed by atoms with van der Waals surface area (Å²) in [5, 5.41) is 16.1. The lowest BCUT2D eigenvalue weighted by atomic mass is 10.2. The third kappa shape index (κ3) is 4.42. The second-order valence-electron chi connectivity index (χ2n) is 5.27. The molecule has 0 unspecified atom stereocenters. The fraction of sp³-hybridized carbons (Fsp3) is 0.188. The highest BCUT2D eigenvalue weighted by atomic mass is 19.1. The van der Waals surface area contributed by atoms with E-state index in [9.17, 15) is 19.3 Å². The number of carbonyl (C=O) groups excluding carboxylic acids is 1. The number of rotatable bonds is 6. The number of nitrogens with one attached hydrogen (secondary N) is 2. The predicted octanol–water partition coefficient (Wildman–Crippen LogP) is 2.85. The number of hydrogen-bond donors (Lipinski definition) is 2. The van der Waals surface area contributed by atoms with Gasteiger partial charge in [-0.25, -0.2) is 0 Å². The molecule has 1 amide bonds. The van der Waals surface area contributed by atoms with Crippen LogP contribution >= 0.6 is 0 Å². The standard InChI is InChI=1S/C16H17FN4O3/c1-20(2)13-6-3-11(4-7-13)19-16(22)10-18-12-5-8-14(17)15(9-12)21(23)24/h3-9,18H,10H2,1-2H3,(H,19,22). The van der Waals surface area contributed by atoms with Crippen LogP contribution in [0.2, 0.25) is 0 Å². The minimum Gasteiger partial charge on any atom is -0.378 e. The van der Waals surface area contributed by atoms with E-state index >= 15 is 0 Å². The van der Waals surface area contributed by atoms with E-state index in [-0.39, 0.29) is 12.5 Å². The molecule has 0 aliphatic rings. The molecule has 0 saturated carbocycles. The predicted molar refractivity (Wildman–Crippen MR) is 90.9 cm³/mol. The van der Waals surface area contributed by atoms with Crippen LogP contribution < -0.4 is 15.5 Å². The summed E-state index contributed by atoms with van der Waals surface area (Å²) in [5.41, 5.74) is 1.29. The molecule has 7 nitrogen and oxygen atoms in total. The van der Waals surface area contributed by atoms with Crippen molar-refractivity contribution >= 4 is 28.7 Å². The van der Waals surface area contributed by atoms with E-state index in [0.717, 1.165) is 17.8 Å². The third-order valence-electron chi connectivity index (χ3n) is 3.26. The number of hydrogen-bond acceptors (Lipinski definition) is 5. The highest BCUT2D eigenvalue weighted by molar-refractivity contribution is 5.93. The molecule has 0 bridgehead atoms. The molecule has 0 atom stereocenters. The molecule has 0 heterocycles. The van der Waals surface area contributed by atoms with Gasteiger partial charge in [0.15, 0.2) is 0 Å². The van der Waals surface area contributed by atoms with Crippen LogP contribution in [0.5, 0.6) is 0 Å². The Kier molecular flexibility index (Phi) is 5.31. The molecule has 0 saturated heterocycles. The number of amides is 1. The Hall–Kier alpha value is -3.16. The average molecular weight is 332 g/mol. The average Bonchev–Trinajstić information content (AvgIpc) is 2.54. The number of benzene rings is 2. The minimum absolute atomic E-state index is 0.0990. The van der Waals surface area contributed by atoms with Crippen LogP contribution in [0.25, 0.3) is 0 Å². The largest absolute Gasteiger partial charge is 0.378 e. The number of halogens is 1. The molecule has 0 spiro atoms. The van der Waals surface area contributed by atoms with E-state index in [1.54, 1.807) is 12.1 Å². The summed E-state index contributed by atoms with van der Waals surface area (Å²) in [5.74, 6) is -1.24. The van der Waals surface area contributed by atoms with Crippen molar-refractivity contribution in [1.82, 2.24) is 0 Å². The Morgan fingerprint density at radius 1 is 1.17 bits per heavy atom. The topological polar surface area (TPSA) is 87.5 Å². The molecular weight excluding hydrogens is 315 g/mol. The lowest BCUT2D eigenvalue weighted by Crippen LogP contribution is -2.21. The summed E-state index contributed by atoms with van der Waals surface area (Å²) in [6.45, 7) is -0.0990. The van der Waals surface area contributed by atoms with E-state index in [2.05, 4.69) is 10.6 Å². The van der Waals surface area contributed by atoms with Crippen LogP contribution in [-0.2, 0) is 4.79 Å². The molecule has 2 aromatic rings. The van der Waals surface area contributed by atoms with Crippen molar-refractivity contribution in [1.29, 1.82) is 0 Å². The zero-order chi connectivity index (χ0) is 17.7. The van der Waals surface area contributed by atoms with Crippen molar-refractivity contribution in [3.05, 3.63) is 58.4 Å². The Morgan fingerprint density at radius 2 is 1.79 bits per heavy atom. The summed E-state index contributed by atoms with van der Waals surface area (Å²) in [6, 6.07) is 10.7. The molecule has 0 radical (unpaired) electrons. The highest BCUT2D eigenvalue weighted by Crippen LogP contribution is 2.21. The first-order valence-corrected chi connectivity index (χ1v) is 7.12. The van der Waals surface area contributed by atoms with Crippen LogP contribution in [0, 0.1) is 15.9 Å². The van der Waals surface area contributed by atoms with Crippen LogP contribution in [0.1, 0.15) is 0 Å². The van der Waals surface area contributed by atoms with Gasteiger partial charge in [-0.3, -0.25) is 14.9 Å². The minimum atomic E-state index is -0.920. The summed E-state index contributed by atoms with van der Waals surface area (Å²) in [6.07, 6.45) is 0. The van der Waals surface area contributed by atoms with Crippen molar-refractivity contribution in [2.45, 2.75) is 0 Å². The molecule has 2 N–H and O–H groups in total. The maximum atomic E-state index is 13.2. The third-order valence-corrected chi connectivity index (χ3v) is 3.26. The molecular formula is C16H17FN4O3. The Labute approximate surface area is 138 Å². The van der Waals surface area contributed by atoms with E-state index in [1.165, 1.54) is 6.07 Å². The number of nitrogens with zero attached hydrogens (tertiary/aromatic N) is 2. The van der Waals surface area contributed by atoms with Gasteiger partial charge < -0.3 is 15.5 Å². The Morgan fingerprint density at radius 3 is 2.38 bits per heavy atom. The van der Waals surface area contributed by atoms with E-state index in [1.807, 2.05) is 31.1 Å². The van der Waals surface area contributed by atoms with E-state index in [0.29, 0.717) is 11.4 Å². The van der Waals surface area contributed by atoms with Crippen molar-refractivity contribution in [2.24, 2.45) is 0 Å². The van der Waals surface area contributed by atoms with Crippen LogP contribution in [-0.4, -0.2) is 31.5 Å². The molecule has 2 aromatic carbocycles. The van der Waals surface area contributed by atoms with Gasteiger partial charge >= 0.3 is 5.69 Å². The van der Waals surface area contributed by atoms with Crippen molar-refractivity contribution in [3.63, 3.8) is 0 Å². The van der Waals surface area contributed by atoms with E-state index < -0.39 is 16.4 Å². The number of nitro benzene ring substituents is 1. The fourth-order valence-corrected chi connectivity index (χ4v) is 1.99. The lowest BCUT2D eigenvalue weighted by Gasteiger charge is -2.13. The summed E-state index contributed by atoms with van der Waals surface area (Å²) < 4.78 is 13.2. The first kappa shape index (κ1) is 17.2. The molecule has 2 rings (SSSR count). The SMILES string of the molecule is CN(C)c1ccc(NC(=O)CNc2ccc(F)c([N+](=O)[O-])c2)cc1. The molecule has 24 heavy (non-hydrogen) atoms. The van der Waals surface area contributed by atoms with Crippen LogP contribution in [0.4, 0.5) is 27.1 Å². The fourth-order valence-electron chi connectivity index (χ4n) is 1.99. The van der Waals surface area contributed by atoms with Gasteiger partial charge in [-0.2, -0.15) is 4.39 Å².